The normalized spacial score (nSPS) is 16.1. The number of benzene rings is 1. The van der Waals surface area contributed by atoms with Crippen molar-refractivity contribution in [1.82, 2.24) is 4.31 Å². The molecule has 1 N–H and O–H groups in total. The van der Waals surface area contributed by atoms with Crippen LogP contribution in [0.5, 0.6) is 0 Å². The molecule has 1 saturated carbocycles. The zero-order valence-corrected chi connectivity index (χ0v) is 13.7. The number of hydrogen-bond acceptors (Lipinski definition) is 4. The van der Waals surface area contributed by atoms with E-state index in [-0.39, 0.29) is 10.6 Å². The predicted molar refractivity (Wildman–Crippen MR) is 82.1 cm³/mol. The first-order chi connectivity index (χ1) is 9.71. The average Bonchev–Trinajstić information content (AvgIpc) is 3.20. The maximum absolute atomic E-state index is 11.9. The third-order valence-electron chi connectivity index (χ3n) is 3.40. The fraction of sp³-hybridized carbons (Fsp3) is 0.538. The molecule has 1 aromatic carbocycles. The molecule has 1 aliphatic carbocycles. The molecule has 21 heavy (non-hydrogen) atoms. The van der Waals surface area contributed by atoms with Crippen LogP contribution in [0, 0.1) is 5.92 Å². The van der Waals surface area contributed by atoms with Gasteiger partial charge in [-0.3, -0.25) is 4.72 Å². The molecule has 0 aliphatic heterocycles. The van der Waals surface area contributed by atoms with E-state index in [9.17, 15) is 16.8 Å². The molecule has 0 unspecified atom stereocenters. The standard InChI is InChI=1S/C13H20N2O4S2/c1-15(2)21(18,19)13-7-5-12(6-8-13)14-20(16,17)10-9-11-3-4-11/h5-8,11,14H,3-4,9-10H2,1-2H3. The Labute approximate surface area is 126 Å². The molecule has 1 fully saturated rings. The van der Waals surface area contributed by atoms with Gasteiger partial charge in [-0.2, -0.15) is 0 Å². The fourth-order valence-corrected chi connectivity index (χ4v) is 4.01. The number of hydrogen-bond donors (Lipinski definition) is 1. The molecule has 1 aliphatic rings. The second-order valence-electron chi connectivity index (χ2n) is 5.46. The molecular weight excluding hydrogens is 312 g/mol. The maximum Gasteiger partial charge on any atom is 0.242 e. The van der Waals surface area contributed by atoms with Gasteiger partial charge in [0.2, 0.25) is 20.0 Å². The molecule has 0 bridgehead atoms. The molecule has 0 saturated heterocycles. The monoisotopic (exact) mass is 332 g/mol. The lowest BCUT2D eigenvalue weighted by Gasteiger charge is -2.12. The van der Waals surface area contributed by atoms with E-state index in [0.717, 1.165) is 17.1 Å². The van der Waals surface area contributed by atoms with Crippen molar-refractivity contribution in [3.8, 4) is 0 Å². The summed E-state index contributed by atoms with van der Waals surface area (Å²) in [5.74, 6) is 0.657. The van der Waals surface area contributed by atoms with E-state index in [1.54, 1.807) is 0 Å². The quantitative estimate of drug-likeness (QED) is 0.820. The van der Waals surface area contributed by atoms with E-state index in [1.807, 2.05) is 0 Å². The minimum atomic E-state index is -3.49. The van der Waals surface area contributed by atoms with Gasteiger partial charge in [-0.05, 0) is 36.6 Å². The van der Waals surface area contributed by atoms with Gasteiger partial charge in [0.1, 0.15) is 0 Å². The molecule has 8 heteroatoms. The SMILES string of the molecule is CN(C)S(=O)(=O)c1ccc(NS(=O)(=O)CCC2CC2)cc1. The van der Waals surface area contributed by atoms with Crippen LogP contribution in [0.4, 0.5) is 5.69 Å². The zero-order valence-electron chi connectivity index (χ0n) is 12.1. The second kappa shape index (κ2) is 5.94. The Bertz CT molecular complexity index is 690. The van der Waals surface area contributed by atoms with Crippen molar-refractivity contribution >= 4 is 25.7 Å². The smallest absolute Gasteiger partial charge is 0.242 e. The molecule has 6 nitrogen and oxygen atoms in total. The summed E-state index contributed by atoms with van der Waals surface area (Å²) in [6, 6.07) is 5.72. The highest BCUT2D eigenvalue weighted by Crippen LogP contribution is 2.32. The van der Waals surface area contributed by atoms with Crippen LogP contribution in [0.15, 0.2) is 29.2 Å². The first-order valence-corrected chi connectivity index (χ1v) is 9.83. The van der Waals surface area contributed by atoms with E-state index in [2.05, 4.69) is 4.72 Å². The van der Waals surface area contributed by atoms with Crippen LogP contribution in [0.1, 0.15) is 19.3 Å². The Morgan fingerprint density at radius 3 is 2.14 bits per heavy atom. The van der Waals surface area contributed by atoms with Crippen molar-refractivity contribution in [2.24, 2.45) is 5.92 Å². The van der Waals surface area contributed by atoms with Crippen molar-refractivity contribution in [3.05, 3.63) is 24.3 Å². The first kappa shape index (κ1) is 16.3. The van der Waals surface area contributed by atoms with Gasteiger partial charge in [0.15, 0.2) is 0 Å². The highest BCUT2D eigenvalue weighted by molar-refractivity contribution is 7.92. The Balaban J connectivity index is 2.05. The molecule has 1 aromatic rings. The van der Waals surface area contributed by atoms with E-state index in [4.69, 9.17) is 0 Å². The summed E-state index contributed by atoms with van der Waals surface area (Å²) in [6.07, 6.45) is 2.92. The van der Waals surface area contributed by atoms with Crippen molar-refractivity contribution in [2.45, 2.75) is 24.2 Å². The van der Waals surface area contributed by atoms with Gasteiger partial charge in [-0.1, -0.05) is 12.8 Å². The number of rotatable bonds is 7. The largest absolute Gasteiger partial charge is 0.284 e. The van der Waals surface area contributed by atoms with Crippen LogP contribution in [0.3, 0.4) is 0 Å². The summed E-state index contributed by atoms with van der Waals surface area (Å²) < 4.78 is 51.2. The molecule has 0 atom stereocenters. The summed E-state index contributed by atoms with van der Waals surface area (Å²) in [7, 11) is -3.96. The summed E-state index contributed by atoms with van der Waals surface area (Å²) in [4.78, 5) is 0.133. The van der Waals surface area contributed by atoms with Crippen LogP contribution < -0.4 is 4.72 Å². The topological polar surface area (TPSA) is 83.6 Å². The Morgan fingerprint density at radius 2 is 1.67 bits per heavy atom. The molecule has 0 amide bonds. The molecule has 0 spiro atoms. The van der Waals surface area contributed by atoms with E-state index < -0.39 is 20.0 Å². The summed E-state index contributed by atoms with van der Waals surface area (Å²) in [6.45, 7) is 0. The first-order valence-electron chi connectivity index (χ1n) is 6.74. The van der Waals surface area contributed by atoms with Gasteiger partial charge in [-0.25, -0.2) is 21.1 Å². The van der Waals surface area contributed by atoms with Gasteiger partial charge in [-0.15, -0.1) is 0 Å². The van der Waals surface area contributed by atoms with Gasteiger partial charge >= 0.3 is 0 Å². The Hall–Kier alpha value is -1.12. The van der Waals surface area contributed by atoms with E-state index >= 15 is 0 Å². The van der Waals surface area contributed by atoms with Gasteiger partial charge < -0.3 is 0 Å². The highest BCUT2D eigenvalue weighted by atomic mass is 32.2. The van der Waals surface area contributed by atoms with E-state index in [1.165, 1.54) is 38.4 Å². The molecule has 0 heterocycles. The van der Waals surface area contributed by atoms with Crippen LogP contribution in [0.2, 0.25) is 0 Å². The molecule has 0 aromatic heterocycles. The van der Waals surface area contributed by atoms with Crippen LogP contribution in [0.25, 0.3) is 0 Å². The number of anilines is 1. The van der Waals surface area contributed by atoms with Crippen molar-refractivity contribution in [1.29, 1.82) is 0 Å². The lowest BCUT2D eigenvalue weighted by Crippen LogP contribution is -2.22. The lowest BCUT2D eigenvalue weighted by atomic mass is 10.3. The van der Waals surface area contributed by atoms with Crippen LogP contribution in [-0.2, 0) is 20.0 Å². The average molecular weight is 332 g/mol. The minimum absolute atomic E-state index is 0.107. The van der Waals surface area contributed by atoms with Gasteiger partial charge in [0.05, 0.1) is 10.6 Å². The number of nitrogens with zero attached hydrogens (tertiary/aromatic N) is 1. The zero-order chi connectivity index (χ0) is 15.7. The fourth-order valence-electron chi connectivity index (χ4n) is 1.86. The predicted octanol–water partition coefficient (Wildman–Crippen LogP) is 1.48. The van der Waals surface area contributed by atoms with Crippen molar-refractivity contribution in [2.75, 3.05) is 24.6 Å². The van der Waals surface area contributed by atoms with Crippen LogP contribution in [-0.4, -0.2) is 41.0 Å². The summed E-state index contributed by atoms with van der Waals surface area (Å²) in [5.41, 5.74) is 0.378. The Kier molecular flexibility index (Phi) is 4.60. The van der Waals surface area contributed by atoms with Crippen molar-refractivity contribution < 1.29 is 16.8 Å². The van der Waals surface area contributed by atoms with Crippen LogP contribution >= 0.6 is 0 Å². The molecule has 2 rings (SSSR count). The minimum Gasteiger partial charge on any atom is -0.284 e. The van der Waals surface area contributed by atoms with Gasteiger partial charge in [0, 0.05) is 19.8 Å². The maximum atomic E-state index is 11.9. The Morgan fingerprint density at radius 1 is 1.10 bits per heavy atom. The third-order valence-corrected chi connectivity index (χ3v) is 6.55. The van der Waals surface area contributed by atoms with E-state index in [0.29, 0.717) is 18.0 Å². The molecule has 0 radical (unpaired) electrons. The molecular formula is C13H20N2O4S2. The highest BCUT2D eigenvalue weighted by Gasteiger charge is 2.24. The molecule has 118 valence electrons. The van der Waals surface area contributed by atoms with Gasteiger partial charge in [0.25, 0.3) is 0 Å². The summed E-state index contributed by atoms with van der Waals surface area (Å²) >= 11 is 0. The van der Waals surface area contributed by atoms with Crippen molar-refractivity contribution in [3.63, 3.8) is 0 Å². The second-order valence-corrected chi connectivity index (χ2v) is 9.46. The lowest BCUT2D eigenvalue weighted by molar-refractivity contribution is 0.521. The summed E-state index contributed by atoms with van der Waals surface area (Å²) in [5, 5.41) is 0. The third kappa shape index (κ3) is 4.42. The number of nitrogens with one attached hydrogen (secondary N) is 1. The number of sulfonamides is 2.